The van der Waals surface area contributed by atoms with Crippen LogP contribution in [0.3, 0.4) is 0 Å². The van der Waals surface area contributed by atoms with E-state index in [1.165, 1.54) is 6.42 Å². The van der Waals surface area contributed by atoms with Gasteiger partial charge in [0.15, 0.2) is 0 Å². The van der Waals surface area contributed by atoms with Gasteiger partial charge in [0.1, 0.15) is 0 Å². The molecule has 0 saturated carbocycles. The van der Waals surface area contributed by atoms with Crippen LogP contribution in [0, 0.1) is 0 Å². The van der Waals surface area contributed by atoms with Crippen LogP contribution in [0.2, 0.25) is 0 Å². The summed E-state index contributed by atoms with van der Waals surface area (Å²) in [5.41, 5.74) is 0. The molecule has 1 saturated heterocycles. The number of piperidine rings is 1. The summed E-state index contributed by atoms with van der Waals surface area (Å²) in [5.74, 6) is 0. The van der Waals surface area contributed by atoms with Crippen LogP contribution in [0.1, 0.15) is 46.5 Å². The fraction of sp³-hybridized carbons (Fsp3) is 0.909. The third-order valence-corrected chi connectivity index (χ3v) is 2.95. The maximum absolute atomic E-state index is 11.8. The fourth-order valence-electron chi connectivity index (χ4n) is 2.14. The Labute approximate surface area is 86.9 Å². The van der Waals surface area contributed by atoms with Crippen molar-refractivity contribution >= 4 is 6.03 Å². The standard InChI is InChI=1S/C11H22N2O/c1-4-8-12-11(14)13-9(2)6-5-7-10(13)3/h9-10H,4-8H2,1-3H3,(H,12,14)/t9-,10+. The van der Waals surface area contributed by atoms with E-state index in [9.17, 15) is 4.79 Å². The average Bonchev–Trinajstić information content (AvgIpc) is 2.14. The molecule has 0 aliphatic carbocycles. The van der Waals surface area contributed by atoms with Crippen LogP contribution < -0.4 is 5.32 Å². The molecule has 1 N–H and O–H groups in total. The number of carbonyl (C=O) groups is 1. The van der Waals surface area contributed by atoms with Crippen LogP contribution in [0.5, 0.6) is 0 Å². The normalized spacial score (nSPS) is 27.5. The van der Waals surface area contributed by atoms with Gasteiger partial charge in [-0.1, -0.05) is 6.92 Å². The molecule has 0 unspecified atom stereocenters. The van der Waals surface area contributed by atoms with Crippen LogP contribution in [0.4, 0.5) is 4.79 Å². The Balaban J connectivity index is 2.49. The van der Waals surface area contributed by atoms with Crippen molar-refractivity contribution in [3.05, 3.63) is 0 Å². The Hall–Kier alpha value is -0.730. The van der Waals surface area contributed by atoms with Gasteiger partial charge in [0.2, 0.25) is 0 Å². The van der Waals surface area contributed by atoms with Gasteiger partial charge in [-0.2, -0.15) is 0 Å². The molecular weight excluding hydrogens is 176 g/mol. The zero-order valence-corrected chi connectivity index (χ0v) is 9.55. The quantitative estimate of drug-likeness (QED) is 0.726. The first-order valence-corrected chi connectivity index (χ1v) is 5.73. The molecule has 2 atom stereocenters. The summed E-state index contributed by atoms with van der Waals surface area (Å²) >= 11 is 0. The number of likely N-dealkylation sites (tertiary alicyclic amines) is 1. The molecule has 3 nitrogen and oxygen atoms in total. The third kappa shape index (κ3) is 2.63. The Bertz CT molecular complexity index is 184. The van der Waals surface area contributed by atoms with Gasteiger partial charge in [0.05, 0.1) is 0 Å². The number of hydrogen-bond acceptors (Lipinski definition) is 1. The Morgan fingerprint density at radius 1 is 1.36 bits per heavy atom. The minimum atomic E-state index is 0.117. The molecule has 0 radical (unpaired) electrons. The summed E-state index contributed by atoms with van der Waals surface area (Å²) in [6, 6.07) is 0.915. The second kappa shape index (κ2) is 5.23. The number of urea groups is 1. The predicted molar refractivity (Wildman–Crippen MR) is 58.3 cm³/mol. The van der Waals surface area contributed by atoms with Gasteiger partial charge in [-0.3, -0.25) is 0 Å². The lowest BCUT2D eigenvalue weighted by atomic mass is 9.98. The van der Waals surface area contributed by atoms with Gasteiger partial charge < -0.3 is 10.2 Å². The first-order chi connectivity index (χ1) is 6.66. The lowest BCUT2D eigenvalue weighted by Gasteiger charge is -2.38. The highest BCUT2D eigenvalue weighted by Gasteiger charge is 2.28. The number of hydrogen-bond donors (Lipinski definition) is 1. The Morgan fingerprint density at radius 3 is 2.43 bits per heavy atom. The van der Waals surface area contributed by atoms with E-state index in [4.69, 9.17) is 0 Å². The summed E-state index contributed by atoms with van der Waals surface area (Å²) in [5, 5.41) is 2.95. The zero-order valence-electron chi connectivity index (χ0n) is 9.55. The molecule has 2 amide bonds. The molecule has 1 aliphatic heterocycles. The summed E-state index contributed by atoms with van der Waals surface area (Å²) in [6.07, 6.45) is 4.54. The molecule has 0 bridgehead atoms. The molecule has 0 spiro atoms. The summed E-state index contributed by atoms with van der Waals surface area (Å²) in [7, 11) is 0. The van der Waals surface area contributed by atoms with Crippen molar-refractivity contribution in [1.29, 1.82) is 0 Å². The van der Waals surface area contributed by atoms with E-state index >= 15 is 0 Å². The first-order valence-electron chi connectivity index (χ1n) is 5.73. The van der Waals surface area contributed by atoms with Crippen LogP contribution >= 0.6 is 0 Å². The summed E-state index contributed by atoms with van der Waals surface area (Å²) in [6.45, 7) is 7.14. The van der Waals surface area contributed by atoms with Crippen LogP contribution in [0.15, 0.2) is 0 Å². The summed E-state index contributed by atoms with van der Waals surface area (Å²) < 4.78 is 0. The second-order valence-corrected chi connectivity index (χ2v) is 4.27. The third-order valence-electron chi connectivity index (χ3n) is 2.95. The molecule has 1 fully saturated rings. The van der Waals surface area contributed by atoms with Crippen molar-refractivity contribution in [1.82, 2.24) is 10.2 Å². The summed E-state index contributed by atoms with van der Waals surface area (Å²) in [4.78, 5) is 13.8. The topological polar surface area (TPSA) is 32.3 Å². The molecule has 0 aromatic heterocycles. The van der Waals surface area contributed by atoms with Crippen molar-refractivity contribution in [3.63, 3.8) is 0 Å². The first kappa shape index (κ1) is 11.3. The molecule has 1 rings (SSSR count). The highest BCUT2D eigenvalue weighted by Crippen LogP contribution is 2.22. The minimum Gasteiger partial charge on any atom is -0.338 e. The van der Waals surface area contributed by atoms with Crippen molar-refractivity contribution in [2.75, 3.05) is 6.54 Å². The Kier molecular flexibility index (Phi) is 4.23. The van der Waals surface area contributed by atoms with Crippen LogP contribution in [-0.2, 0) is 0 Å². The van der Waals surface area contributed by atoms with Crippen molar-refractivity contribution < 1.29 is 4.79 Å². The van der Waals surface area contributed by atoms with Crippen molar-refractivity contribution in [3.8, 4) is 0 Å². The molecule has 3 heteroatoms. The maximum Gasteiger partial charge on any atom is 0.317 e. The lowest BCUT2D eigenvalue weighted by molar-refractivity contribution is 0.123. The van der Waals surface area contributed by atoms with Crippen molar-refractivity contribution in [2.45, 2.75) is 58.5 Å². The van der Waals surface area contributed by atoms with E-state index in [1.807, 2.05) is 4.90 Å². The molecule has 1 heterocycles. The monoisotopic (exact) mass is 198 g/mol. The van der Waals surface area contributed by atoms with E-state index in [1.54, 1.807) is 0 Å². The second-order valence-electron chi connectivity index (χ2n) is 4.27. The van der Waals surface area contributed by atoms with E-state index in [0.717, 1.165) is 25.8 Å². The molecule has 1 aliphatic rings. The molecule has 14 heavy (non-hydrogen) atoms. The molecular formula is C11H22N2O. The van der Waals surface area contributed by atoms with E-state index in [-0.39, 0.29) is 6.03 Å². The maximum atomic E-state index is 11.8. The SMILES string of the molecule is CCCNC(=O)N1[C@H](C)CCC[C@@H]1C. The van der Waals surface area contributed by atoms with Gasteiger partial charge >= 0.3 is 6.03 Å². The highest BCUT2D eigenvalue weighted by molar-refractivity contribution is 5.74. The highest BCUT2D eigenvalue weighted by atomic mass is 16.2. The van der Waals surface area contributed by atoms with Gasteiger partial charge in [-0.15, -0.1) is 0 Å². The van der Waals surface area contributed by atoms with Gasteiger partial charge in [-0.25, -0.2) is 4.79 Å². The van der Waals surface area contributed by atoms with E-state index in [2.05, 4.69) is 26.1 Å². The molecule has 0 aromatic carbocycles. The fourth-order valence-corrected chi connectivity index (χ4v) is 2.14. The van der Waals surface area contributed by atoms with Crippen LogP contribution in [0.25, 0.3) is 0 Å². The lowest BCUT2D eigenvalue weighted by Crippen LogP contribution is -2.51. The largest absolute Gasteiger partial charge is 0.338 e. The Morgan fingerprint density at radius 2 is 1.93 bits per heavy atom. The van der Waals surface area contributed by atoms with E-state index < -0.39 is 0 Å². The number of nitrogens with zero attached hydrogens (tertiary/aromatic N) is 1. The number of carbonyl (C=O) groups excluding carboxylic acids is 1. The van der Waals surface area contributed by atoms with E-state index in [0.29, 0.717) is 12.1 Å². The van der Waals surface area contributed by atoms with Gasteiger partial charge in [0, 0.05) is 18.6 Å². The van der Waals surface area contributed by atoms with Gasteiger partial charge in [-0.05, 0) is 39.5 Å². The number of rotatable bonds is 2. The number of nitrogens with one attached hydrogen (secondary N) is 1. The predicted octanol–water partition coefficient (Wildman–Crippen LogP) is 2.37. The average molecular weight is 198 g/mol. The molecule has 82 valence electrons. The zero-order chi connectivity index (χ0) is 10.6. The minimum absolute atomic E-state index is 0.117. The van der Waals surface area contributed by atoms with Crippen molar-refractivity contribution in [2.24, 2.45) is 0 Å². The smallest absolute Gasteiger partial charge is 0.317 e. The van der Waals surface area contributed by atoms with Crippen LogP contribution in [-0.4, -0.2) is 29.6 Å². The van der Waals surface area contributed by atoms with Gasteiger partial charge in [0.25, 0.3) is 0 Å². The molecule has 0 aromatic rings. The number of amides is 2.